The fraction of sp³-hybridized carbons (Fsp3) is 0.0556. The van der Waals surface area contributed by atoms with Gasteiger partial charge in [0.15, 0.2) is 88.7 Å². The molecule has 6 rings (SSSR count). The molecule has 0 radical (unpaired) electrons. The highest BCUT2D eigenvalue weighted by Crippen LogP contribution is 2.30. The van der Waals surface area contributed by atoms with Crippen molar-refractivity contribution in [3.05, 3.63) is 171 Å². The van der Waals surface area contributed by atoms with E-state index >= 15 is 35.1 Å². The normalized spacial score (nSPS) is 11.5. The van der Waals surface area contributed by atoms with Crippen LogP contribution in [-0.2, 0) is 6.54 Å². The molecule has 0 aliphatic rings. The number of ether oxygens (including phenoxy) is 1. The molecule has 0 atom stereocenters. The van der Waals surface area contributed by atoms with Crippen molar-refractivity contribution in [1.82, 2.24) is 4.98 Å². The van der Waals surface area contributed by atoms with Gasteiger partial charge in [0, 0.05) is 5.56 Å². The molecule has 5 aromatic carbocycles. The maximum Gasteiger partial charge on any atom is 0.200 e. The first-order chi connectivity index (χ1) is 28.1. The van der Waals surface area contributed by atoms with Gasteiger partial charge in [-0.2, -0.15) is 4.57 Å². The molecule has 3 nitrogen and oxygen atoms in total. The second-order valence-electron chi connectivity index (χ2n) is 12.1. The lowest BCUT2D eigenvalue weighted by Gasteiger charge is -2.44. The van der Waals surface area contributed by atoms with Crippen molar-refractivity contribution in [2.45, 2.75) is 6.54 Å². The molecule has 0 fully saturated rings. The highest BCUT2D eigenvalue weighted by molar-refractivity contribution is 7.20. The average molecular weight is 880 g/mol. The first kappa shape index (κ1) is 44.7. The van der Waals surface area contributed by atoms with E-state index in [-0.39, 0.29) is 0 Å². The summed E-state index contributed by atoms with van der Waals surface area (Å²) in [7, 11) is 1.67. The number of benzene rings is 5. The molecule has 0 aliphatic carbocycles. The Labute approximate surface area is 320 Å². The third kappa shape index (κ3) is 6.99. The van der Waals surface area contributed by atoms with Gasteiger partial charge in [0.2, 0.25) is 0 Å². The minimum atomic E-state index is -7.22. The molecule has 0 saturated carbocycles. The highest BCUT2D eigenvalue weighted by Gasteiger charge is 2.52. The quantitative estimate of drug-likeness (QED) is 0.0555. The van der Waals surface area contributed by atoms with Crippen molar-refractivity contribution in [2.24, 2.45) is 0 Å². The zero-order valence-corrected chi connectivity index (χ0v) is 28.8. The Kier molecular flexibility index (Phi) is 12.5. The van der Waals surface area contributed by atoms with E-state index in [1.54, 1.807) is 19.5 Å². The molecule has 0 aliphatic heterocycles. The van der Waals surface area contributed by atoms with Crippen LogP contribution in [0.1, 0.15) is 5.56 Å². The molecule has 1 aromatic heterocycles. The van der Waals surface area contributed by atoms with E-state index in [9.17, 15) is 52.7 Å². The van der Waals surface area contributed by atoms with Crippen molar-refractivity contribution in [2.75, 3.05) is 7.11 Å². The SMILES string of the molecule is COc1ccc(C[n+]2ccncc2)cc1.Fc1c(F)c(F)c([B-](c2c(F)c(F)c(F)c(F)c2F)(c2c(F)c(F)c(F)c(F)c2F)c2c(F)c(F)c(F)c(F)c2F)c(F)c1F. The molecule has 6 aromatic rings. The van der Waals surface area contributed by atoms with Crippen LogP contribution in [0.4, 0.5) is 87.8 Å². The van der Waals surface area contributed by atoms with Crippen molar-refractivity contribution in [3.63, 3.8) is 0 Å². The minimum absolute atomic E-state index is 0.854. The molecule has 1 heterocycles. The molecule has 0 unspecified atom stereocenters. The molecule has 0 amide bonds. The molecule has 0 N–H and O–H groups in total. The molecule has 0 saturated heterocycles. The van der Waals surface area contributed by atoms with E-state index in [1.807, 2.05) is 24.5 Å². The summed E-state index contributed by atoms with van der Waals surface area (Å²) in [5.74, 6) is -70.5. The second-order valence-corrected chi connectivity index (χ2v) is 12.1. The summed E-state index contributed by atoms with van der Waals surface area (Å²) >= 11 is 0. The smallest absolute Gasteiger partial charge is 0.200 e. The fourth-order valence-electron chi connectivity index (χ4n) is 6.27. The van der Waals surface area contributed by atoms with E-state index in [1.165, 1.54) is 5.56 Å². The summed E-state index contributed by atoms with van der Waals surface area (Å²) in [5, 5.41) is 0. The summed E-state index contributed by atoms with van der Waals surface area (Å²) in [6.07, 6.45) is 0.243. The predicted molar refractivity (Wildman–Crippen MR) is 166 cm³/mol. The third-order valence-corrected chi connectivity index (χ3v) is 8.92. The van der Waals surface area contributed by atoms with Crippen LogP contribution >= 0.6 is 0 Å². The maximum atomic E-state index is 15.4. The number of aromatic nitrogens is 2. The van der Waals surface area contributed by atoms with E-state index in [0.29, 0.717) is 0 Å². The Morgan fingerprint density at radius 3 is 0.850 bits per heavy atom. The number of rotatable bonds is 7. The van der Waals surface area contributed by atoms with Gasteiger partial charge in [-0.25, -0.2) is 87.8 Å². The standard InChI is InChI=1S/C24BF20.C12H13N2O/c26-5-1(6(27)14(35)21(42)13(5)34)25(2-7(28)15(36)22(43)16(37)8(2)29,3-9(30)17(38)23(44)18(39)10(3)31)4-11(32)19(40)24(45)20(41)12(4)33;1-15-12-4-2-11(3-5-12)10-14-8-6-13-7-9-14/h;2-9H,10H2,1H3/q-1;+1. The molecule has 24 heteroatoms. The van der Waals surface area contributed by atoms with E-state index in [2.05, 4.69) is 21.7 Å². The molecule has 0 bridgehead atoms. The molecule has 60 heavy (non-hydrogen) atoms. The van der Waals surface area contributed by atoms with E-state index in [0.717, 1.165) is 12.3 Å². The lowest BCUT2D eigenvalue weighted by molar-refractivity contribution is -0.688. The van der Waals surface area contributed by atoms with Gasteiger partial charge in [-0.3, -0.25) is 4.98 Å². The van der Waals surface area contributed by atoms with Gasteiger partial charge in [-0.05, 0) is 24.3 Å². The number of nitrogens with zero attached hydrogens (tertiary/aromatic N) is 2. The number of hydrogen-bond donors (Lipinski definition) is 0. The Morgan fingerprint density at radius 1 is 0.383 bits per heavy atom. The van der Waals surface area contributed by atoms with Gasteiger partial charge < -0.3 is 4.74 Å². The second kappa shape index (κ2) is 16.7. The van der Waals surface area contributed by atoms with Gasteiger partial charge in [-0.15, -0.1) is 21.9 Å². The monoisotopic (exact) mass is 880 g/mol. The van der Waals surface area contributed by atoms with Crippen LogP contribution in [0.5, 0.6) is 5.75 Å². The van der Waals surface area contributed by atoms with Crippen LogP contribution in [0.25, 0.3) is 0 Å². The van der Waals surface area contributed by atoms with Crippen LogP contribution < -0.4 is 31.2 Å². The first-order valence-corrected chi connectivity index (χ1v) is 15.7. The van der Waals surface area contributed by atoms with Crippen LogP contribution in [0, 0.1) is 116 Å². The zero-order valence-electron chi connectivity index (χ0n) is 28.8. The van der Waals surface area contributed by atoms with Crippen molar-refractivity contribution in [3.8, 4) is 5.75 Å². The van der Waals surface area contributed by atoms with Crippen molar-refractivity contribution in [1.29, 1.82) is 0 Å². The molecule has 316 valence electrons. The number of hydrogen-bond acceptors (Lipinski definition) is 2. The minimum Gasteiger partial charge on any atom is -0.497 e. The third-order valence-electron chi connectivity index (χ3n) is 8.92. The number of halogens is 20. The van der Waals surface area contributed by atoms with Gasteiger partial charge in [0.1, 0.15) is 58.4 Å². The lowest BCUT2D eigenvalue weighted by Crippen LogP contribution is -2.81. The van der Waals surface area contributed by atoms with Gasteiger partial charge >= 0.3 is 0 Å². The van der Waals surface area contributed by atoms with Gasteiger partial charge in [0.05, 0.1) is 19.5 Å². The maximum absolute atomic E-state index is 15.4. The van der Waals surface area contributed by atoms with Crippen LogP contribution in [0.15, 0.2) is 49.1 Å². The summed E-state index contributed by atoms with van der Waals surface area (Å²) in [4.78, 5) is 3.97. The van der Waals surface area contributed by atoms with E-state index < -0.39 is 144 Å². The lowest BCUT2D eigenvalue weighted by atomic mass is 9.12. The number of methoxy groups -OCH3 is 1. The van der Waals surface area contributed by atoms with Crippen molar-refractivity contribution >= 4 is 28.0 Å². The van der Waals surface area contributed by atoms with Crippen molar-refractivity contribution < 1.29 is 97.1 Å². The Morgan fingerprint density at radius 2 is 0.617 bits per heavy atom. The van der Waals surface area contributed by atoms with E-state index in [4.69, 9.17) is 4.74 Å². The fourth-order valence-corrected chi connectivity index (χ4v) is 6.27. The van der Waals surface area contributed by atoms with Crippen LogP contribution in [-0.4, -0.2) is 18.2 Å². The zero-order chi connectivity index (χ0) is 44.9. The molecular weight excluding hydrogens is 867 g/mol. The Bertz CT molecular complexity index is 2280. The summed E-state index contributed by atoms with van der Waals surface area (Å²) in [5.41, 5.74) is -13.1. The summed E-state index contributed by atoms with van der Waals surface area (Å²) in [6.45, 7) is 0.854. The summed E-state index contributed by atoms with van der Waals surface area (Å²) in [6, 6.07) is 8.06. The largest absolute Gasteiger partial charge is 0.497 e. The Balaban J connectivity index is 0.000000379. The average Bonchev–Trinajstić information content (AvgIpc) is 3.24. The summed E-state index contributed by atoms with van der Waals surface area (Å²) < 4.78 is 301. The topological polar surface area (TPSA) is 26.0 Å². The first-order valence-electron chi connectivity index (χ1n) is 15.7. The highest BCUT2D eigenvalue weighted by atomic mass is 19.2. The van der Waals surface area contributed by atoms with Crippen LogP contribution in [0.2, 0.25) is 0 Å². The molecule has 0 spiro atoms. The van der Waals surface area contributed by atoms with Crippen LogP contribution in [0.3, 0.4) is 0 Å². The van der Waals surface area contributed by atoms with Gasteiger partial charge in [-0.1, -0.05) is 0 Å². The predicted octanol–water partition coefficient (Wildman–Crippen LogP) is 7.27. The molecular formula is C36H13BF20N2O. The Hall–Kier alpha value is -6.36. The van der Waals surface area contributed by atoms with Gasteiger partial charge in [0.25, 0.3) is 0 Å².